The molecule has 1 amide bonds. The number of nitrogens with one attached hydrogen (secondary N) is 1. The zero-order valence-corrected chi connectivity index (χ0v) is 10.8. The van der Waals surface area contributed by atoms with Crippen molar-refractivity contribution in [3.8, 4) is 0 Å². The van der Waals surface area contributed by atoms with Gasteiger partial charge in [-0.05, 0) is 0 Å². The maximum atomic E-state index is 11.7. The molecule has 2 N–H and O–H groups in total. The lowest BCUT2D eigenvalue weighted by atomic mass is 10.1. The van der Waals surface area contributed by atoms with Crippen molar-refractivity contribution in [2.45, 2.75) is 19.8 Å². The second-order valence-electron chi connectivity index (χ2n) is 4.33. The van der Waals surface area contributed by atoms with Crippen molar-refractivity contribution < 1.29 is 19.5 Å². The number of benzene rings is 1. The Hall–Kier alpha value is -2.17. The third kappa shape index (κ3) is 5.33. The molecule has 1 unspecified atom stereocenters. The highest BCUT2D eigenvalue weighted by Crippen LogP contribution is 2.05. The number of hydrogen-bond acceptors (Lipinski definition) is 3. The predicted molar refractivity (Wildman–Crippen MR) is 69.8 cm³/mol. The van der Waals surface area contributed by atoms with Crippen LogP contribution in [0.15, 0.2) is 30.3 Å². The molecular weight excluding hydrogens is 246 g/mol. The fourth-order valence-electron chi connectivity index (χ4n) is 1.44. The van der Waals surface area contributed by atoms with E-state index in [-0.39, 0.29) is 31.1 Å². The molecule has 0 radical (unpaired) electrons. The van der Waals surface area contributed by atoms with Crippen LogP contribution in [-0.4, -0.2) is 29.3 Å². The first-order valence-corrected chi connectivity index (χ1v) is 6.08. The number of ketones is 1. The topological polar surface area (TPSA) is 83.5 Å². The van der Waals surface area contributed by atoms with Gasteiger partial charge in [0.05, 0.1) is 5.92 Å². The Bertz CT molecular complexity index is 456. The van der Waals surface area contributed by atoms with Gasteiger partial charge in [0.25, 0.3) is 0 Å². The molecule has 0 aliphatic rings. The monoisotopic (exact) mass is 263 g/mol. The van der Waals surface area contributed by atoms with Gasteiger partial charge >= 0.3 is 5.97 Å². The average molecular weight is 263 g/mol. The lowest BCUT2D eigenvalue weighted by Gasteiger charge is -2.08. The number of hydrogen-bond donors (Lipinski definition) is 2. The summed E-state index contributed by atoms with van der Waals surface area (Å²) in [6.07, 6.45) is 0.192. The normalized spacial score (nSPS) is 11.6. The fourth-order valence-corrected chi connectivity index (χ4v) is 1.44. The molecule has 0 fully saturated rings. The number of rotatable bonds is 7. The molecule has 0 saturated carbocycles. The van der Waals surface area contributed by atoms with Crippen molar-refractivity contribution in [3.63, 3.8) is 0 Å². The minimum atomic E-state index is -0.958. The van der Waals surface area contributed by atoms with Crippen LogP contribution in [0.3, 0.4) is 0 Å². The average Bonchev–Trinajstić information content (AvgIpc) is 2.42. The molecule has 0 aliphatic heterocycles. The molecule has 0 heterocycles. The van der Waals surface area contributed by atoms with E-state index in [0.29, 0.717) is 5.56 Å². The maximum Gasteiger partial charge on any atom is 0.308 e. The lowest BCUT2D eigenvalue weighted by molar-refractivity contribution is -0.141. The minimum Gasteiger partial charge on any atom is -0.481 e. The van der Waals surface area contributed by atoms with E-state index in [1.54, 1.807) is 24.3 Å². The van der Waals surface area contributed by atoms with Gasteiger partial charge in [-0.15, -0.1) is 0 Å². The van der Waals surface area contributed by atoms with E-state index in [2.05, 4.69) is 5.32 Å². The first-order chi connectivity index (χ1) is 9.00. The van der Waals surface area contributed by atoms with Crippen molar-refractivity contribution in [2.75, 3.05) is 6.54 Å². The number of carboxylic acid groups (broad SMARTS) is 1. The summed E-state index contributed by atoms with van der Waals surface area (Å²) in [5.74, 6) is -1.99. The summed E-state index contributed by atoms with van der Waals surface area (Å²) in [7, 11) is 0. The Balaban J connectivity index is 2.31. The van der Waals surface area contributed by atoms with Gasteiger partial charge in [0.2, 0.25) is 5.91 Å². The highest BCUT2D eigenvalue weighted by Gasteiger charge is 2.13. The largest absolute Gasteiger partial charge is 0.481 e. The van der Waals surface area contributed by atoms with Crippen LogP contribution in [0.1, 0.15) is 30.1 Å². The molecule has 0 aliphatic carbocycles. The maximum absolute atomic E-state index is 11.7. The third-order valence-corrected chi connectivity index (χ3v) is 2.70. The highest BCUT2D eigenvalue weighted by atomic mass is 16.4. The summed E-state index contributed by atoms with van der Waals surface area (Å²) in [5.41, 5.74) is 0.578. The molecule has 1 aromatic carbocycles. The molecule has 5 nitrogen and oxygen atoms in total. The van der Waals surface area contributed by atoms with Crippen LogP contribution in [0.4, 0.5) is 0 Å². The summed E-state index contributed by atoms with van der Waals surface area (Å²) in [5, 5.41) is 11.2. The van der Waals surface area contributed by atoms with Gasteiger partial charge in [0.15, 0.2) is 5.78 Å². The Morgan fingerprint density at radius 1 is 1.16 bits per heavy atom. The molecule has 0 aromatic heterocycles. The van der Waals surface area contributed by atoms with Gasteiger partial charge in [-0.3, -0.25) is 14.4 Å². The van der Waals surface area contributed by atoms with Crippen molar-refractivity contribution >= 4 is 17.7 Å². The van der Waals surface area contributed by atoms with E-state index in [0.717, 1.165) is 0 Å². The lowest BCUT2D eigenvalue weighted by Crippen LogP contribution is -2.31. The van der Waals surface area contributed by atoms with Crippen LogP contribution in [0.5, 0.6) is 0 Å². The fraction of sp³-hybridized carbons (Fsp3) is 0.357. The number of carboxylic acids is 1. The molecule has 1 rings (SSSR count). The van der Waals surface area contributed by atoms with Crippen LogP contribution in [0.25, 0.3) is 0 Å². The Labute approximate surface area is 111 Å². The quantitative estimate of drug-likeness (QED) is 0.730. The van der Waals surface area contributed by atoms with E-state index in [1.807, 2.05) is 6.07 Å². The summed E-state index contributed by atoms with van der Waals surface area (Å²) in [4.78, 5) is 33.7. The molecular formula is C14H17NO4. The number of aliphatic carboxylic acids is 1. The molecule has 19 heavy (non-hydrogen) atoms. The molecule has 0 bridgehead atoms. The molecule has 102 valence electrons. The van der Waals surface area contributed by atoms with Gasteiger partial charge < -0.3 is 10.4 Å². The summed E-state index contributed by atoms with van der Waals surface area (Å²) in [6, 6.07) is 8.75. The number of amides is 1. The third-order valence-electron chi connectivity index (χ3n) is 2.70. The number of carbonyl (C=O) groups excluding carboxylic acids is 2. The van der Waals surface area contributed by atoms with Crippen LogP contribution < -0.4 is 5.32 Å². The van der Waals surface area contributed by atoms with Crippen molar-refractivity contribution in [3.05, 3.63) is 35.9 Å². The summed E-state index contributed by atoms with van der Waals surface area (Å²) >= 11 is 0. The zero-order chi connectivity index (χ0) is 14.3. The van der Waals surface area contributed by atoms with Crippen LogP contribution in [-0.2, 0) is 9.59 Å². The zero-order valence-electron chi connectivity index (χ0n) is 10.8. The second-order valence-corrected chi connectivity index (χ2v) is 4.33. The Morgan fingerprint density at radius 2 is 1.79 bits per heavy atom. The first kappa shape index (κ1) is 14.9. The SMILES string of the molecule is CC(CNC(=O)CCC(=O)c1ccccc1)C(=O)O. The van der Waals surface area contributed by atoms with Gasteiger partial charge in [0, 0.05) is 24.9 Å². The first-order valence-electron chi connectivity index (χ1n) is 6.08. The van der Waals surface area contributed by atoms with E-state index >= 15 is 0 Å². The van der Waals surface area contributed by atoms with Crippen LogP contribution in [0.2, 0.25) is 0 Å². The van der Waals surface area contributed by atoms with Crippen molar-refractivity contribution in [2.24, 2.45) is 5.92 Å². The number of carbonyl (C=O) groups is 3. The molecule has 1 atom stereocenters. The summed E-state index contributed by atoms with van der Waals surface area (Å²) in [6.45, 7) is 1.59. The van der Waals surface area contributed by atoms with E-state index in [1.165, 1.54) is 6.92 Å². The molecule has 5 heteroatoms. The predicted octanol–water partition coefficient (Wildman–Crippen LogP) is 1.49. The van der Waals surface area contributed by atoms with Crippen molar-refractivity contribution in [1.82, 2.24) is 5.32 Å². The van der Waals surface area contributed by atoms with E-state index in [4.69, 9.17) is 5.11 Å². The summed E-state index contributed by atoms with van der Waals surface area (Å²) < 4.78 is 0. The van der Waals surface area contributed by atoms with Gasteiger partial charge in [-0.2, -0.15) is 0 Å². The Kier molecular flexibility index (Phi) is 5.73. The molecule has 0 spiro atoms. The van der Waals surface area contributed by atoms with Gasteiger partial charge in [-0.25, -0.2) is 0 Å². The highest BCUT2D eigenvalue weighted by molar-refractivity contribution is 5.97. The molecule has 0 saturated heterocycles. The van der Waals surface area contributed by atoms with Crippen LogP contribution in [0, 0.1) is 5.92 Å². The smallest absolute Gasteiger partial charge is 0.308 e. The van der Waals surface area contributed by atoms with Gasteiger partial charge in [0.1, 0.15) is 0 Å². The van der Waals surface area contributed by atoms with Crippen molar-refractivity contribution in [1.29, 1.82) is 0 Å². The molecule has 1 aromatic rings. The number of Topliss-reactive ketones (excluding diaryl/α,β-unsaturated/α-hetero) is 1. The van der Waals surface area contributed by atoms with Crippen LogP contribution >= 0.6 is 0 Å². The Morgan fingerprint density at radius 3 is 2.37 bits per heavy atom. The van der Waals surface area contributed by atoms with E-state index < -0.39 is 11.9 Å². The van der Waals surface area contributed by atoms with Gasteiger partial charge in [-0.1, -0.05) is 37.3 Å². The standard InChI is InChI=1S/C14H17NO4/c1-10(14(18)19)9-15-13(17)8-7-12(16)11-5-3-2-4-6-11/h2-6,10H,7-9H2,1H3,(H,15,17)(H,18,19). The minimum absolute atomic E-state index is 0.0695. The second kappa shape index (κ2) is 7.31. The van der Waals surface area contributed by atoms with E-state index in [9.17, 15) is 14.4 Å².